The van der Waals surface area contributed by atoms with E-state index in [9.17, 15) is 19.7 Å². The van der Waals surface area contributed by atoms with Gasteiger partial charge in [-0.05, 0) is 19.8 Å². The van der Waals surface area contributed by atoms with Crippen molar-refractivity contribution in [2.24, 2.45) is 5.92 Å². The minimum absolute atomic E-state index is 0.150. The van der Waals surface area contributed by atoms with Gasteiger partial charge in [0.2, 0.25) is 0 Å². The molecular weight excluding hydrogens is 278 g/mol. The van der Waals surface area contributed by atoms with Gasteiger partial charge in [-0.15, -0.1) is 0 Å². The number of aryl methyl sites for hydroxylation is 1. The zero-order chi connectivity index (χ0) is 15.6. The van der Waals surface area contributed by atoms with Crippen LogP contribution in [-0.2, 0) is 11.3 Å². The maximum atomic E-state index is 12.2. The van der Waals surface area contributed by atoms with Gasteiger partial charge in [0.15, 0.2) is 0 Å². The molecule has 21 heavy (non-hydrogen) atoms. The van der Waals surface area contributed by atoms with Crippen molar-refractivity contribution < 1.29 is 19.6 Å². The van der Waals surface area contributed by atoms with E-state index in [-0.39, 0.29) is 11.4 Å². The third-order valence-corrected chi connectivity index (χ3v) is 3.82. The number of nitrogens with zero attached hydrogens (tertiary/aromatic N) is 2. The van der Waals surface area contributed by atoms with Crippen molar-refractivity contribution >= 4 is 17.6 Å². The van der Waals surface area contributed by atoms with Gasteiger partial charge in [0.1, 0.15) is 5.69 Å². The number of carbonyl (C=O) groups excluding carboxylic acids is 1. The molecule has 0 aliphatic heterocycles. The molecule has 0 bridgehead atoms. The molecule has 0 radical (unpaired) electrons. The monoisotopic (exact) mass is 295 g/mol. The highest BCUT2D eigenvalue weighted by Crippen LogP contribution is 2.26. The van der Waals surface area contributed by atoms with Crippen LogP contribution >= 0.6 is 0 Å². The molecule has 0 spiro atoms. The summed E-state index contributed by atoms with van der Waals surface area (Å²) in [5.74, 6) is -1.98. The summed E-state index contributed by atoms with van der Waals surface area (Å²) < 4.78 is 1.48. The number of carboxylic acid groups (broad SMARTS) is 1. The van der Waals surface area contributed by atoms with Crippen molar-refractivity contribution in [3.05, 3.63) is 28.1 Å². The fourth-order valence-corrected chi connectivity index (χ4v) is 2.72. The van der Waals surface area contributed by atoms with E-state index in [1.807, 2.05) is 0 Å². The summed E-state index contributed by atoms with van der Waals surface area (Å²) in [7, 11) is 0. The molecular formula is C13H17N3O5. The van der Waals surface area contributed by atoms with Gasteiger partial charge in [0, 0.05) is 18.7 Å². The predicted octanol–water partition coefficient (Wildman–Crippen LogP) is 1.40. The third-order valence-electron chi connectivity index (χ3n) is 3.82. The molecule has 2 atom stereocenters. The van der Waals surface area contributed by atoms with Gasteiger partial charge >= 0.3 is 5.97 Å². The lowest BCUT2D eigenvalue weighted by Crippen LogP contribution is -2.40. The molecule has 114 valence electrons. The second-order valence-electron chi connectivity index (χ2n) is 5.08. The van der Waals surface area contributed by atoms with Gasteiger partial charge in [-0.1, -0.05) is 6.42 Å². The average molecular weight is 295 g/mol. The molecule has 1 aromatic rings. The predicted molar refractivity (Wildman–Crippen MR) is 73.0 cm³/mol. The maximum Gasteiger partial charge on any atom is 0.308 e. The van der Waals surface area contributed by atoms with Crippen molar-refractivity contribution in [2.45, 2.75) is 38.8 Å². The van der Waals surface area contributed by atoms with Crippen LogP contribution in [0.2, 0.25) is 0 Å². The Hall–Kier alpha value is -2.38. The van der Waals surface area contributed by atoms with E-state index in [0.717, 1.165) is 6.42 Å². The molecule has 1 aromatic heterocycles. The van der Waals surface area contributed by atoms with Gasteiger partial charge in [-0.25, -0.2) is 0 Å². The number of hydrogen-bond acceptors (Lipinski definition) is 4. The lowest BCUT2D eigenvalue weighted by atomic mass is 10.0. The van der Waals surface area contributed by atoms with Crippen molar-refractivity contribution in [1.82, 2.24) is 9.88 Å². The summed E-state index contributed by atoms with van der Waals surface area (Å²) in [5.41, 5.74) is 0.0310. The van der Waals surface area contributed by atoms with Crippen molar-refractivity contribution in [1.29, 1.82) is 0 Å². The van der Waals surface area contributed by atoms with Gasteiger partial charge in [-0.2, -0.15) is 0 Å². The van der Waals surface area contributed by atoms with Crippen LogP contribution in [0.15, 0.2) is 12.3 Å². The number of carbonyl (C=O) groups is 2. The topological polar surface area (TPSA) is 114 Å². The maximum absolute atomic E-state index is 12.2. The first-order valence-electron chi connectivity index (χ1n) is 6.82. The fraction of sp³-hybridized carbons (Fsp3) is 0.538. The number of carboxylic acids is 1. The van der Waals surface area contributed by atoms with E-state index < -0.39 is 28.8 Å². The molecule has 1 aliphatic rings. The number of amides is 1. The molecule has 1 aliphatic carbocycles. The lowest BCUT2D eigenvalue weighted by Gasteiger charge is -2.17. The van der Waals surface area contributed by atoms with E-state index in [2.05, 4.69) is 5.32 Å². The van der Waals surface area contributed by atoms with Crippen molar-refractivity contribution in [3.8, 4) is 0 Å². The Balaban J connectivity index is 2.16. The average Bonchev–Trinajstić information content (AvgIpc) is 3.04. The van der Waals surface area contributed by atoms with Crippen LogP contribution in [0.1, 0.15) is 36.7 Å². The quantitative estimate of drug-likeness (QED) is 0.629. The van der Waals surface area contributed by atoms with E-state index in [1.165, 1.54) is 16.8 Å². The summed E-state index contributed by atoms with van der Waals surface area (Å²) in [6.07, 6.45) is 3.20. The molecule has 1 saturated carbocycles. The number of aromatic nitrogens is 1. The van der Waals surface area contributed by atoms with E-state index in [0.29, 0.717) is 19.4 Å². The Kier molecular flexibility index (Phi) is 4.25. The van der Waals surface area contributed by atoms with Crippen LogP contribution in [-0.4, -0.2) is 32.5 Å². The third kappa shape index (κ3) is 3.04. The number of nitro groups is 1. The first-order chi connectivity index (χ1) is 9.93. The summed E-state index contributed by atoms with van der Waals surface area (Å²) >= 11 is 0. The minimum Gasteiger partial charge on any atom is -0.481 e. The fourth-order valence-electron chi connectivity index (χ4n) is 2.72. The van der Waals surface area contributed by atoms with Crippen LogP contribution in [0, 0.1) is 16.0 Å². The SMILES string of the molecule is CCn1cc([N+](=O)[O-])cc1C(=O)NC1CCCC1C(=O)O. The zero-order valence-corrected chi connectivity index (χ0v) is 11.6. The van der Waals surface area contributed by atoms with E-state index in [1.54, 1.807) is 6.92 Å². The first kappa shape index (κ1) is 15.0. The molecule has 8 nitrogen and oxygen atoms in total. The molecule has 8 heteroatoms. The highest BCUT2D eigenvalue weighted by atomic mass is 16.6. The molecule has 1 heterocycles. The summed E-state index contributed by atoms with van der Waals surface area (Å²) in [5, 5.41) is 22.6. The Bertz CT molecular complexity index is 580. The molecule has 1 fully saturated rings. The normalized spacial score (nSPS) is 21.2. The van der Waals surface area contributed by atoms with Gasteiger partial charge in [0.25, 0.3) is 11.6 Å². The summed E-state index contributed by atoms with van der Waals surface area (Å²) in [6, 6.07) is 0.790. The molecule has 0 aromatic carbocycles. The second-order valence-corrected chi connectivity index (χ2v) is 5.08. The van der Waals surface area contributed by atoms with Crippen LogP contribution in [0.4, 0.5) is 5.69 Å². The molecule has 2 N–H and O–H groups in total. The summed E-state index contributed by atoms with van der Waals surface area (Å²) in [4.78, 5) is 33.6. The number of nitrogens with one attached hydrogen (secondary N) is 1. The van der Waals surface area contributed by atoms with Crippen LogP contribution in [0.25, 0.3) is 0 Å². The van der Waals surface area contributed by atoms with Gasteiger partial charge < -0.3 is 15.0 Å². The zero-order valence-electron chi connectivity index (χ0n) is 11.6. The largest absolute Gasteiger partial charge is 0.481 e. The number of hydrogen-bond donors (Lipinski definition) is 2. The van der Waals surface area contributed by atoms with Crippen molar-refractivity contribution in [2.75, 3.05) is 0 Å². The summed E-state index contributed by atoms with van der Waals surface area (Å²) in [6.45, 7) is 2.19. The lowest BCUT2D eigenvalue weighted by molar-refractivity contribution is -0.384. The molecule has 2 rings (SSSR count). The second kappa shape index (κ2) is 5.94. The minimum atomic E-state index is -0.922. The number of rotatable bonds is 5. The molecule has 0 saturated heterocycles. The van der Waals surface area contributed by atoms with Crippen molar-refractivity contribution in [3.63, 3.8) is 0 Å². The Morgan fingerprint density at radius 2 is 2.24 bits per heavy atom. The van der Waals surface area contributed by atoms with Gasteiger partial charge in [0.05, 0.1) is 17.0 Å². The van der Waals surface area contributed by atoms with E-state index >= 15 is 0 Å². The first-order valence-corrected chi connectivity index (χ1v) is 6.82. The Labute approximate surface area is 120 Å². The van der Waals surface area contributed by atoms with E-state index in [4.69, 9.17) is 5.11 Å². The standard InChI is InChI=1S/C13H17N3O5/c1-2-15-7-8(16(20)21)6-11(15)12(17)14-10-5-3-4-9(10)13(18)19/h6-7,9-10H,2-5H2,1H3,(H,14,17)(H,18,19). The molecule has 2 unspecified atom stereocenters. The smallest absolute Gasteiger partial charge is 0.308 e. The van der Waals surface area contributed by atoms with Crippen LogP contribution < -0.4 is 5.32 Å². The van der Waals surface area contributed by atoms with Crippen LogP contribution in [0.5, 0.6) is 0 Å². The Morgan fingerprint density at radius 3 is 2.81 bits per heavy atom. The van der Waals surface area contributed by atoms with Crippen LogP contribution in [0.3, 0.4) is 0 Å². The highest BCUT2D eigenvalue weighted by Gasteiger charge is 2.34. The highest BCUT2D eigenvalue weighted by molar-refractivity contribution is 5.94. The van der Waals surface area contributed by atoms with Gasteiger partial charge in [-0.3, -0.25) is 19.7 Å². The number of aliphatic carboxylic acids is 1. The Morgan fingerprint density at radius 1 is 1.52 bits per heavy atom. The molecule has 1 amide bonds.